The van der Waals surface area contributed by atoms with Gasteiger partial charge >= 0.3 is 0 Å². The molecule has 0 unspecified atom stereocenters. The molecule has 134 valence electrons. The van der Waals surface area contributed by atoms with Crippen LogP contribution in [0.4, 0.5) is 14.5 Å². The smallest absolute Gasteiger partial charge is 0.255 e. The number of aromatic nitrogens is 1. The summed E-state index contributed by atoms with van der Waals surface area (Å²) in [7, 11) is 0. The van der Waals surface area contributed by atoms with Crippen LogP contribution in [0.3, 0.4) is 0 Å². The molecule has 0 saturated carbocycles. The SMILES string of the molecule is Cc1noc(C)c1COc1cccc(C(=O)Nc2cc(F)ccc2F)c1. The molecule has 3 rings (SSSR count). The quantitative estimate of drug-likeness (QED) is 0.734. The average Bonchev–Trinajstić information content (AvgIpc) is 2.94. The van der Waals surface area contributed by atoms with E-state index in [1.54, 1.807) is 25.1 Å². The lowest BCUT2D eigenvalue weighted by Crippen LogP contribution is -2.13. The number of nitrogens with zero attached hydrogens (tertiary/aromatic N) is 1. The van der Waals surface area contributed by atoms with Gasteiger partial charge in [-0.1, -0.05) is 11.2 Å². The van der Waals surface area contributed by atoms with E-state index in [4.69, 9.17) is 9.26 Å². The van der Waals surface area contributed by atoms with Crippen molar-refractivity contribution < 1.29 is 22.8 Å². The van der Waals surface area contributed by atoms with Gasteiger partial charge in [-0.15, -0.1) is 0 Å². The van der Waals surface area contributed by atoms with Gasteiger partial charge in [0, 0.05) is 11.6 Å². The normalized spacial score (nSPS) is 10.6. The number of hydrogen-bond acceptors (Lipinski definition) is 4. The number of hydrogen-bond donors (Lipinski definition) is 1. The maximum atomic E-state index is 13.7. The Morgan fingerprint density at radius 3 is 2.73 bits per heavy atom. The average molecular weight is 358 g/mol. The first kappa shape index (κ1) is 17.6. The summed E-state index contributed by atoms with van der Waals surface area (Å²) in [6.45, 7) is 3.84. The van der Waals surface area contributed by atoms with Crippen LogP contribution in [-0.4, -0.2) is 11.1 Å². The van der Waals surface area contributed by atoms with Gasteiger partial charge in [0.25, 0.3) is 5.91 Å². The molecule has 2 aromatic carbocycles. The second-order valence-corrected chi connectivity index (χ2v) is 5.70. The molecule has 0 aliphatic heterocycles. The number of benzene rings is 2. The lowest BCUT2D eigenvalue weighted by molar-refractivity contribution is 0.102. The van der Waals surface area contributed by atoms with Crippen LogP contribution in [-0.2, 0) is 6.61 Å². The molecule has 1 heterocycles. The Morgan fingerprint density at radius 1 is 1.19 bits per heavy atom. The number of carbonyl (C=O) groups excluding carboxylic acids is 1. The number of anilines is 1. The molecular formula is C19H16F2N2O3. The van der Waals surface area contributed by atoms with Crippen LogP contribution >= 0.6 is 0 Å². The highest BCUT2D eigenvalue weighted by Gasteiger charge is 2.13. The molecule has 0 spiro atoms. The van der Waals surface area contributed by atoms with Crippen LogP contribution in [0.25, 0.3) is 0 Å². The second-order valence-electron chi connectivity index (χ2n) is 5.70. The number of amides is 1. The van der Waals surface area contributed by atoms with Crippen LogP contribution in [0, 0.1) is 25.5 Å². The summed E-state index contributed by atoms with van der Waals surface area (Å²) in [5, 5.41) is 6.20. The van der Waals surface area contributed by atoms with E-state index in [9.17, 15) is 13.6 Å². The number of nitrogens with one attached hydrogen (secondary N) is 1. The minimum absolute atomic E-state index is 0.225. The van der Waals surface area contributed by atoms with Crippen molar-refractivity contribution in [2.75, 3.05) is 5.32 Å². The Balaban J connectivity index is 1.72. The molecule has 26 heavy (non-hydrogen) atoms. The summed E-state index contributed by atoms with van der Waals surface area (Å²) in [5.74, 6) is -0.809. The molecule has 7 heteroatoms. The highest BCUT2D eigenvalue weighted by Crippen LogP contribution is 2.20. The first-order valence-corrected chi connectivity index (χ1v) is 7.85. The molecule has 1 amide bonds. The third kappa shape index (κ3) is 3.88. The number of aryl methyl sites for hydroxylation is 2. The Morgan fingerprint density at radius 2 is 2.00 bits per heavy atom. The fourth-order valence-electron chi connectivity index (χ4n) is 2.38. The largest absolute Gasteiger partial charge is 0.489 e. The van der Waals surface area contributed by atoms with Crippen LogP contribution in [0.5, 0.6) is 5.75 Å². The fraction of sp³-hybridized carbons (Fsp3) is 0.158. The molecule has 1 aromatic heterocycles. The lowest BCUT2D eigenvalue weighted by Gasteiger charge is -2.09. The topological polar surface area (TPSA) is 64.4 Å². The Kier molecular flexibility index (Phi) is 4.97. The van der Waals surface area contributed by atoms with E-state index in [-0.39, 0.29) is 17.9 Å². The number of carbonyl (C=O) groups is 1. The molecule has 0 radical (unpaired) electrons. The zero-order valence-corrected chi connectivity index (χ0v) is 14.2. The van der Waals surface area contributed by atoms with E-state index >= 15 is 0 Å². The van der Waals surface area contributed by atoms with Gasteiger partial charge in [-0.3, -0.25) is 4.79 Å². The molecule has 3 aromatic rings. The molecule has 0 bridgehead atoms. The van der Waals surface area contributed by atoms with Crippen molar-refractivity contribution in [2.45, 2.75) is 20.5 Å². The Bertz CT molecular complexity index is 934. The first-order valence-electron chi connectivity index (χ1n) is 7.85. The summed E-state index contributed by atoms with van der Waals surface area (Å²) in [4.78, 5) is 12.3. The van der Waals surface area contributed by atoms with Gasteiger partial charge in [-0.25, -0.2) is 8.78 Å². The van der Waals surface area contributed by atoms with E-state index in [1.807, 2.05) is 6.92 Å². The molecule has 0 fully saturated rings. The third-order valence-electron chi connectivity index (χ3n) is 3.84. The minimum Gasteiger partial charge on any atom is -0.489 e. The molecule has 1 N–H and O–H groups in total. The standard InChI is InChI=1S/C19H16F2N2O3/c1-11-16(12(2)26-23-11)10-25-15-5-3-4-13(8-15)19(24)22-18-9-14(20)6-7-17(18)21/h3-9H,10H2,1-2H3,(H,22,24). The van der Waals surface area contributed by atoms with Gasteiger partial charge in [-0.2, -0.15) is 0 Å². The monoisotopic (exact) mass is 358 g/mol. The third-order valence-corrected chi connectivity index (χ3v) is 3.84. The van der Waals surface area contributed by atoms with Crippen molar-refractivity contribution in [3.05, 3.63) is 76.7 Å². The van der Waals surface area contributed by atoms with Crippen molar-refractivity contribution in [2.24, 2.45) is 0 Å². The fourth-order valence-corrected chi connectivity index (χ4v) is 2.38. The molecular weight excluding hydrogens is 342 g/mol. The van der Waals surface area contributed by atoms with Gasteiger partial charge in [0.2, 0.25) is 0 Å². The van der Waals surface area contributed by atoms with Crippen molar-refractivity contribution in [3.8, 4) is 5.75 Å². The summed E-state index contributed by atoms with van der Waals surface area (Å²) >= 11 is 0. The zero-order chi connectivity index (χ0) is 18.7. The van der Waals surface area contributed by atoms with Crippen LogP contribution in [0.2, 0.25) is 0 Å². The van der Waals surface area contributed by atoms with E-state index in [2.05, 4.69) is 10.5 Å². The Hall–Kier alpha value is -3.22. The minimum atomic E-state index is -0.717. The summed E-state index contributed by atoms with van der Waals surface area (Å²) < 4.78 is 37.6. The van der Waals surface area contributed by atoms with Gasteiger partial charge in [-0.05, 0) is 44.2 Å². The van der Waals surface area contributed by atoms with E-state index in [0.717, 1.165) is 29.5 Å². The molecule has 0 aliphatic rings. The van der Waals surface area contributed by atoms with Gasteiger partial charge in [0.05, 0.1) is 16.9 Å². The van der Waals surface area contributed by atoms with Crippen molar-refractivity contribution in [3.63, 3.8) is 0 Å². The van der Waals surface area contributed by atoms with Gasteiger partial charge < -0.3 is 14.6 Å². The highest BCUT2D eigenvalue weighted by atomic mass is 19.1. The summed E-state index contributed by atoms with van der Waals surface area (Å²) in [5.41, 5.74) is 1.60. The van der Waals surface area contributed by atoms with Crippen molar-refractivity contribution in [1.82, 2.24) is 5.16 Å². The van der Waals surface area contributed by atoms with E-state index in [1.165, 1.54) is 6.07 Å². The van der Waals surface area contributed by atoms with Crippen LogP contribution < -0.4 is 10.1 Å². The summed E-state index contributed by atoms with van der Waals surface area (Å²) in [6.07, 6.45) is 0. The molecule has 5 nitrogen and oxygen atoms in total. The van der Waals surface area contributed by atoms with Crippen LogP contribution in [0.1, 0.15) is 27.4 Å². The van der Waals surface area contributed by atoms with Gasteiger partial charge in [0.1, 0.15) is 29.8 Å². The Labute approximate surface area is 148 Å². The maximum Gasteiger partial charge on any atom is 0.255 e. The highest BCUT2D eigenvalue weighted by molar-refractivity contribution is 6.04. The molecule has 0 atom stereocenters. The predicted octanol–water partition coefficient (Wildman–Crippen LogP) is 4.40. The number of halogens is 2. The second kappa shape index (κ2) is 7.35. The van der Waals surface area contributed by atoms with E-state index in [0.29, 0.717) is 11.5 Å². The van der Waals surface area contributed by atoms with Crippen molar-refractivity contribution in [1.29, 1.82) is 0 Å². The van der Waals surface area contributed by atoms with Crippen LogP contribution in [0.15, 0.2) is 47.0 Å². The van der Waals surface area contributed by atoms with Gasteiger partial charge in [0.15, 0.2) is 0 Å². The predicted molar refractivity (Wildman–Crippen MR) is 91.1 cm³/mol. The first-order chi connectivity index (χ1) is 12.4. The maximum absolute atomic E-state index is 13.7. The summed E-state index contributed by atoms with van der Waals surface area (Å²) in [6, 6.07) is 9.25. The molecule has 0 saturated heterocycles. The van der Waals surface area contributed by atoms with E-state index < -0.39 is 17.5 Å². The van der Waals surface area contributed by atoms with Crippen molar-refractivity contribution >= 4 is 11.6 Å². The lowest BCUT2D eigenvalue weighted by atomic mass is 10.2. The number of ether oxygens (including phenoxy) is 1. The number of rotatable bonds is 5. The zero-order valence-electron chi connectivity index (χ0n) is 14.2. The molecule has 0 aliphatic carbocycles.